The fourth-order valence-electron chi connectivity index (χ4n) is 2.28. The highest BCUT2D eigenvalue weighted by Crippen LogP contribution is 2.31. The third-order valence-corrected chi connectivity index (χ3v) is 4.01. The Balaban J connectivity index is 1.86. The van der Waals surface area contributed by atoms with Crippen molar-refractivity contribution in [3.05, 3.63) is 46.1 Å². The molecule has 2 nitrogen and oxygen atoms in total. The van der Waals surface area contributed by atoms with E-state index in [1.165, 1.54) is 25.7 Å². The van der Waals surface area contributed by atoms with E-state index in [9.17, 15) is 0 Å². The maximum Gasteiger partial charge on any atom is 0.158 e. The van der Waals surface area contributed by atoms with Crippen LogP contribution >= 0.6 is 23.2 Å². The van der Waals surface area contributed by atoms with Gasteiger partial charge in [-0.15, -0.1) is 0 Å². The molecule has 4 heteroatoms. The molecule has 2 rings (SSSR count). The lowest BCUT2D eigenvalue weighted by atomic mass is 10.2. The van der Waals surface area contributed by atoms with Gasteiger partial charge in [-0.2, -0.15) is 0 Å². The van der Waals surface area contributed by atoms with Gasteiger partial charge in [-0.3, -0.25) is 0 Å². The molecular weight excluding hydrogens is 305 g/mol. The average Bonchev–Trinajstić information content (AvgIpc) is 2.91. The standard InChI is InChI=1S/C17H21Cl2NO/c1-2-3-4-5-10-20-12-14-7-9-17(21-14)15-8-6-13(18)11-16(15)19/h6-9,11,20H,2-5,10,12H2,1H3/p+1. The van der Waals surface area contributed by atoms with Crippen molar-refractivity contribution in [2.24, 2.45) is 0 Å². The fourth-order valence-corrected chi connectivity index (χ4v) is 2.78. The molecule has 1 heterocycles. The van der Waals surface area contributed by atoms with Gasteiger partial charge in [0.05, 0.1) is 11.6 Å². The first-order valence-electron chi connectivity index (χ1n) is 7.56. The van der Waals surface area contributed by atoms with Crippen molar-refractivity contribution in [3.63, 3.8) is 0 Å². The molecule has 0 spiro atoms. The van der Waals surface area contributed by atoms with E-state index in [4.69, 9.17) is 27.6 Å². The zero-order valence-electron chi connectivity index (χ0n) is 12.4. The van der Waals surface area contributed by atoms with Crippen LogP contribution in [-0.2, 0) is 6.54 Å². The van der Waals surface area contributed by atoms with E-state index in [2.05, 4.69) is 12.2 Å². The summed E-state index contributed by atoms with van der Waals surface area (Å²) in [6.07, 6.45) is 5.19. The Morgan fingerprint density at radius 1 is 1.05 bits per heavy atom. The predicted octanol–water partition coefficient (Wildman–Crippen LogP) is 4.90. The molecule has 0 aliphatic rings. The van der Waals surface area contributed by atoms with Gasteiger partial charge in [-0.05, 0) is 43.2 Å². The number of furan rings is 1. The third-order valence-electron chi connectivity index (χ3n) is 3.47. The van der Waals surface area contributed by atoms with Crippen molar-refractivity contribution in [1.82, 2.24) is 0 Å². The van der Waals surface area contributed by atoms with Gasteiger partial charge in [0.1, 0.15) is 12.3 Å². The predicted molar refractivity (Wildman–Crippen MR) is 88.8 cm³/mol. The topological polar surface area (TPSA) is 29.8 Å². The summed E-state index contributed by atoms with van der Waals surface area (Å²) in [5.41, 5.74) is 0.885. The summed E-state index contributed by atoms with van der Waals surface area (Å²) < 4.78 is 5.86. The molecule has 0 unspecified atom stereocenters. The van der Waals surface area contributed by atoms with Crippen molar-refractivity contribution in [2.45, 2.75) is 39.2 Å². The Hall–Kier alpha value is -0.960. The number of hydrogen-bond donors (Lipinski definition) is 1. The molecular formula is C17H22Cl2NO+. The number of quaternary nitrogens is 1. The Kier molecular flexibility index (Phi) is 6.62. The zero-order chi connectivity index (χ0) is 15.1. The van der Waals surface area contributed by atoms with E-state index >= 15 is 0 Å². The molecule has 0 fully saturated rings. The molecule has 2 N–H and O–H groups in total. The second-order valence-corrected chi connectivity index (χ2v) is 6.08. The van der Waals surface area contributed by atoms with Crippen LogP contribution in [0.2, 0.25) is 10.0 Å². The van der Waals surface area contributed by atoms with Gasteiger partial charge in [-0.1, -0.05) is 43.0 Å². The van der Waals surface area contributed by atoms with E-state index in [1.807, 2.05) is 24.3 Å². The monoisotopic (exact) mass is 326 g/mol. The summed E-state index contributed by atoms with van der Waals surface area (Å²) in [6, 6.07) is 9.44. The molecule has 0 radical (unpaired) electrons. The molecule has 1 aromatic carbocycles. The average molecular weight is 327 g/mol. The first kappa shape index (κ1) is 16.4. The quantitative estimate of drug-likeness (QED) is 0.687. The zero-order valence-corrected chi connectivity index (χ0v) is 13.9. The van der Waals surface area contributed by atoms with Gasteiger partial charge < -0.3 is 9.73 Å². The number of unbranched alkanes of at least 4 members (excludes halogenated alkanes) is 3. The molecule has 0 bridgehead atoms. The highest BCUT2D eigenvalue weighted by atomic mass is 35.5. The van der Waals surface area contributed by atoms with Gasteiger partial charge >= 0.3 is 0 Å². The SMILES string of the molecule is CCCCCC[NH2+]Cc1ccc(-c2ccc(Cl)cc2Cl)o1. The summed E-state index contributed by atoms with van der Waals surface area (Å²) in [6.45, 7) is 4.26. The summed E-state index contributed by atoms with van der Waals surface area (Å²) in [5, 5.41) is 3.55. The Labute approximate surface area is 136 Å². The highest BCUT2D eigenvalue weighted by Gasteiger charge is 2.09. The molecule has 0 saturated heterocycles. The molecule has 0 aliphatic carbocycles. The fraction of sp³-hybridized carbons (Fsp3) is 0.412. The molecule has 0 amide bonds. The summed E-state index contributed by atoms with van der Waals surface area (Å²) in [5.74, 6) is 1.78. The van der Waals surface area contributed by atoms with Gasteiger partial charge in [0.2, 0.25) is 0 Å². The Bertz CT molecular complexity index is 566. The van der Waals surface area contributed by atoms with Gasteiger partial charge in [0, 0.05) is 10.6 Å². The molecule has 21 heavy (non-hydrogen) atoms. The van der Waals surface area contributed by atoms with Crippen molar-refractivity contribution in [1.29, 1.82) is 0 Å². The lowest BCUT2D eigenvalue weighted by Crippen LogP contribution is -2.82. The van der Waals surface area contributed by atoms with Crippen LogP contribution in [-0.4, -0.2) is 6.54 Å². The third kappa shape index (κ3) is 5.06. The molecule has 0 aliphatic heterocycles. The van der Waals surface area contributed by atoms with E-state index < -0.39 is 0 Å². The molecule has 0 atom stereocenters. The summed E-state index contributed by atoms with van der Waals surface area (Å²) in [4.78, 5) is 0. The van der Waals surface area contributed by atoms with E-state index in [0.29, 0.717) is 10.0 Å². The lowest BCUT2D eigenvalue weighted by Gasteiger charge is -2.02. The van der Waals surface area contributed by atoms with Crippen molar-refractivity contribution >= 4 is 23.2 Å². The number of hydrogen-bond acceptors (Lipinski definition) is 1. The van der Waals surface area contributed by atoms with Crippen molar-refractivity contribution < 1.29 is 9.73 Å². The minimum Gasteiger partial charge on any atom is -0.455 e. The molecule has 0 saturated carbocycles. The first-order chi connectivity index (χ1) is 10.2. The number of nitrogens with two attached hydrogens (primary N) is 1. The highest BCUT2D eigenvalue weighted by molar-refractivity contribution is 6.36. The second kappa shape index (κ2) is 8.47. The van der Waals surface area contributed by atoms with Crippen LogP contribution in [0.3, 0.4) is 0 Å². The van der Waals surface area contributed by atoms with Gasteiger partial charge in [-0.25, -0.2) is 0 Å². The first-order valence-corrected chi connectivity index (χ1v) is 8.32. The van der Waals surface area contributed by atoms with Crippen molar-refractivity contribution in [3.8, 4) is 11.3 Å². The van der Waals surface area contributed by atoms with Crippen LogP contribution in [0.4, 0.5) is 0 Å². The van der Waals surface area contributed by atoms with Crippen LogP contribution in [0.25, 0.3) is 11.3 Å². The molecule has 114 valence electrons. The largest absolute Gasteiger partial charge is 0.455 e. The maximum atomic E-state index is 6.20. The van der Waals surface area contributed by atoms with Crippen molar-refractivity contribution in [2.75, 3.05) is 6.54 Å². The van der Waals surface area contributed by atoms with Crippen LogP contribution in [0.1, 0.15) is 38.4 Å². The minimum atomic E-state index is 0.618. The minimum absolute atomic E-state index is 0.618. The number of halogens is 2. The van der Waals surface area contributed by atoms with Crippen LogP contribution in [0, 0.1) is 0 Å². The summed E-state index contributed by atoms with van der Waals surface area (Å²) in [7, 11) is 0. The van der Waals surface area contributed by atoms with Crippen LogP contribution in [0.5, 0.6) is 0 Å². The van der Waals surface area contributed by atoms with Crippen LogP contribution < -0.4 is 5.32 Å². The molecule has 1 aromatic heterocycles. The smallest absolute Gasteiger partial charge is 0.158 e. The second-order valence-electron chi connectivity index (χ2n) is 5.23. The Morgan fingerprint density at radius 3 is 2.67 bits per heavy atom. The van der Waals surface area contributed by atoms with Gasteiger partial charge in [0.25, 0.3) is 0 Å². The maximum absolute atomic E-state index is 6.20. The summed E-state index contributed by atoms with van der Waals surface area (Å²) >= 11 is 12.1. The van der Waals surface area contributed by atoms with E-state index in [1.54, 1.807) is 6.07 Å². The van der Waals surface area contributed by atoms with E-state index in [0.717, 1.165) is 30.2 Å². The van der Waals surface area contributed by atoms with E-state index in [-0.39, 0.29) is 0 Å². The van der Waals surface area contributed by atoms with Gasteiger partial charge in [0.15, 0.2) is 5.76 Å². The lowest BCUT2D eigenvalue weighted by molar-refractivity contribution is -0.672. The number of rotatable bonds is 8. The number of benzene rings is 1. The molecule has 2 aromatic rings. The normalized spacial score (nSPS) is 11.0. The Morgan fingerprint density at radius 2 is 1.90 bits per heavy atom. The van der Waals surface area contributed by atoms with Crippen LogP contribution in [0.15, 0.2) is 34.7 Å².